The number of carbonyl (C=O) groups is 1. The van der Waals surface area contributed by atoms with Crippen LogP contribution in [0.5, 0.6) is 0 Å². The van der Waals surface area contributed by atoms with Crippen molar-refractivity contribution in [1.82, 2.24) is 4.90 Å². The Morgan fingerprint density at radius 1 is 1.33 bits per heavy atom. The molecule has 0 saturated carbocycles. The molecule has 1 aromatic rings. The van der Waals surface area contributed by atoms with Crippen LogP contribution in [-0.2, 0) is 9.53 Å². The number of likely N-dealkylation sites (N-methyl/N-ethyl adjacent to an activating group) is 1. The summed E-state index contributed by atoms with van der Waals surface area (Å²) in [5.74, 6) is 0.0849. The zero-order valence-electron chi connectivity index (χ0n) is 10.6. The summed E-state index contributed by atoms with van der Waals surface area (Å²) in [6.07, 6.45) is 0. The fourth-order valence-electron chi connectivity index (χ4n) is 1.90. The molecule has 1 amide bonds. The molecular weight excluding hydrogens is 230 g/mol. The maximum Gasteiger partial charge on any atom is 0.240 e. The number of morpholine rings is 1. The van der Waals surface area contributed by atoms with E-state index in [1.165, 1.54) is 0 Å². The second-order valence-electron chi connectivity index (χ2n) is 4.43. The third-order valence-electron chi connectivity index (χ3n) is 3.12. The van der Waals surface area contributed by atoms with E-state index in [0.29, 0.717) is 25.4 Å². The van der Waals surface area contributed by atoms with Crippen LogP contribution in [0, 0.1) is 0 Å². The highest BCUT2D eigenvalue weighted by Crippen LogP contribution is 2.15. The maximum atomic E-state index is 12.1. The van der Waals surface area contributed by atoms with Crippen molar-refractivity contribution in [3.8, 4) is 0 Å². The van der Waals surface area contributed by atoms with Crippen LogP contribution in [0.1, 0.15) is 0 Å². The second kappa shape index (κ2) is 5.84. The number of carbonyl (C=O) groups excluding carboxylic acids is 1. The first-order chi connectivity index (χ1) is 8.66. The number of ether oxygens (including phenoxy) is 1. The first-order valence-corrected chi connectivity index (χ1v) is 6.09. The molecule has 2 rings (SSSR count). The summed E-state index contributed by atoms with van der Waals surface area (Å²) in [5, 5.41) is 0. The van der Waals surface area contributed by atoms with E-state index < -0.39 is 0 Å². The van der Waals surface area contributed by atoms with Crippen molar-refractivity contribution in [3.63, 3.8) is 0 Å². The van der Waals surface area contributed by atoms with E-state index in [0.717, 1.165) is 18.8 Å². The van der Waals surface area contributed by atoms with Gasteiger partial charge >= 0.3 is 0 Å². The van der Waals surface area contributed by atoms with E-state index in [4.69, 9.17) is 10.5 Å². The van der Waals surface area contributed by atoms with Crippen LogP contribution in [0.3, 0.4) is 0 Å². The molecule has 0 aromatic heterocycles. The summed E-state index contributed by atoms with van der Waals surface area (Å²) in [4.78, 5) is 15.9. The minimum Gasteiger partial charge on any atom is -0.399 e. The van der Waals surface area contributed by atoms with Crippen molar-refractivity contribution >= 4 is 17.3 Å². The van der Waals surface area contributed by atoms with Gasteiger partial charge in [0.25, 0.3) is 0 Å². The molecule has 1 aliphatic rings. The van der Waals surface area contributed by atoms with E-state index in [1.807, 2.05) is 12.1 Å². The molecule has 1 fully saturated rings. The Hall–Kier alpha value is -1.59. The quantitative estimate of drug-likeness (QED) is 0.795. The zero-order valence-corrected chi connectivity index (χ0v) is 10.6. The number of hydrogen-bond donors (Lipinski definition) is 1. The Morgan fingerprint density at radius 2 is 1.94 bits per heavy atom. The van der Waals surface area contributed by atoms with Crippen molar-refractivity contribution < 1.29 is 9.53 Å². The molecule has 1 saturated heterocycles. The highest BCUT2D eigenvalue weighted by molar-refractivity contribution is 5.94. The van der Waals surface area contributed by atoms with Crippen LogP contribution in [0.4, 0.5) is 11.4 Å². The SMILES string of the molecule is CN(C(=O)CN1CCOCC1)c1ccc(N)cc1. The molecule has 0 atom stereocenters. The topological polar surface area (TPSA) is 58.8 Å². The number of benzene rings is 1. The Balaban J connectivity index is 1.93. The summed E-state index contributed by atoms with van der Waals surface area (Å²) >= 11 is 0. The average molecular weight is 249 g/mol. The molecule has 1 heterocycles. The van der Waals surface area contributed by atoms with Crippen molar-refractivity contribution in [2.45, 2.75) is 0 Å². The maximum absolute atomic E-state index is 12.1. The van der Waals surface area contributed by atoms with Crippen molar-refractivity contribution in [2.24, 2.45) is 0 Å². The molecule has 98 valence electrons. The van der Waals surface area contributed by atoms with Gasteiger partial charge in [-0.05, 0) is 24.3 Å². The Bertz CT molecular complexity index is 399. The van der Waals surface area contributed by atoms with Gasteiger partial charge in [0, 0.05) is 31.5 Å². The Kier molecular flexibility index (Phi) is 4.17. The van der Waals surface area contributed by atoms with Gasteiger partial charge in [-0.15, -0.1) is 0 Å². The average Bonchev–Trinajstić information content (AvgIpc) is 2.40. The smallest absolute Gasteiger partial charge is 0.240 e. The van der Waals surface area contributed by atoms with Crippen LogP contribution >= 0.6 is 0 Å². The number of amides is 1. The van der Waals surface area contributed by atoms with E-state index in [-0.39, 0.29) is 5.91 Å². The van der Waals surface area contributed by atoms with E-state index in [9.17, 15) is 4.79 Å². The third kappa shape index (κ3) is 3.21. The molecular formula is C13H19N3O2. The second-order valence-corrected chi connectivity index (χ2v) is 4.43. The van der Waals surface area contributed by atoms with Gasteiger partial charge in [-0.3, -0.25) is 9.69 Å². The number of rotatable bonds is 3. The number of nitrogen functional groups attached to an aromatic ring is 1. The first-order valence-electron chi connectivity index (χ1n) is 6.09. The third-order valence-corrected chi connectivity index (χ3v) is 3.12. The van der Waals surface area contributed by atoms with Crippen LogP contribution in [-0.4, -0.2) is 50.7 Å². The number of nitrogens with two attached hydrogens (primary N) is 1. The minimum atomic E-state index is 0.0849. The van der Waals surface area contributed by atoms with Crippen LogP contribution in [0.2, 0.25) is 0 Å². The molecule has 0 unspecified atom stereocenters. The standard InChI is InChI=1S/C13H19N3O2/c1-15(12-4-2-11(14)3-5-12)13(17)10-16-6-8-18-9-7-16/h2-5H,6-10,14H2,1H3. The molecule has 0 spiro atoms. The summed E-state index contributed by atoms with van der Waals surface area (Å²) in [7, 11) is 1.79. The molecule has 0 radical (unpaired) electrons. The molecule has 5 heteroatoms. The summed E-state index contributed by atoms with van der Waals surface area (Å²) in [6, 6.07) is 7.31. The van der Waals surface area contributed by atoms with E-state index in [2.05, 4.69) is 4.90 Å². The van der Waals surface area contributed by atoms with E-state index >= 15 is 0 Å². The lowest BCUT2D eigenvalue weighted by Crippen LogP contribution is -2.43. The molecule has 1 aliphatic heterocycles. The summed E-state index contributed by atoms with van der Waals surface area (Å²) in [6.45, 7) is 3.49. The molecule has 0 bridgehead atoms. The fourth-order valence-corrected chi connectivity index (χ4v) is 1.90. The lowest BCUT2D eigenvalue weighted by molar-refractivity contribution is -0.120. The fraction of sp³-hybridized carbons (Fsp3) is 0.462. The van der Waals surface area contributed by atoms with Gasteiger partial charge in [0.2, 0.25) is 5.91 Å². The van der Waals surface area contributed by atoms with Gasteiger partial charge in [0.1, 0.15) is 0 Å². The van der Waals surface area contributed by atoms with Crippen LogP contribution in [0.25, 0.3) is 0 Å². The lowest BCUT2D eigenvalue weighted by atomic mass is 10.2. The monoisotopic (exact) mass is 249 g/mol. The van der Waals surface area contributed by atoms with Gasteiger partial charge in [-0.25, -0.2) is 0 Å². The van der Waals surface area contributed by atoms with Crippen LogP contribution < -0.4 is 10.6 Å². The van der Waals surface area contributed by atoms with Crippen molar-refractivity contribution in [2.75, 3.05) is 50.5 Å². The summed E-state index contributed by atoms with van der Waals surface area (Å²) in [5.41, 5.74) is 7.19. The molecule has 2 N–H and O–H groups in total. The van der Waals surface area contributed by atoms with Gasteiger partial charge in [0.15, 0.2) is 0 Å². The number of nitrogens with zero attached hydrogens (tertiary/aromatic N) is 2. The number of anilines is 2. The highest BCUT2D eigenvalue weighted by Gasteiger charge is 2.17. The first kappa shape index (κ1) is 12.9. The Morgan fingerprint density at radius 3 is 2.56 bits per heavy atom. The van der Waals surface area contributed by atoms with Gasteiger partial charge in [0.05, 0.1) is 19.8 Å². The van der Waals surface area contributed by atoms with Crippen molar-refractivity contribution in [3.05, 3.63) is 24.3 Å². The number of hydrogen-bond acceptors (Lipinski definition) is 4. The lowest BCUT2D eigenvalue weighted by Gasteiger charge is -2.28. The predicted molar refractivity (Wildman–Crippen MR) is 71.5 cm³/mol. The minimum absolute atomic E-state index is 0.0849. The van der Waals surface area contributed by atoms with Crippen LogP contribution in [0.15, 0.2) is 24.3 Å². The van der Waals surface area contributed by atoms with E-state index in [1.54, 1.807) is 24.1 Å². The van der Waals surface area contributed by atoms with Crippen molar-refractivity contribution in [1.29, 1.82) is 0 Å². The van der Waals surface area contributed by atoms with Gasteiger partial charge in [-0.1, -0.05) is 0 Å². The summed E-state index contributed by atoms with van der Waals surface area (Å²) < 4.78 is 5.26. The highest BCUT2D eigenvalue weighted by atomic mass is 16.5. The van der Waals surface area contributed by atoms with Gasteiger partial charge < -0.3 is 15.4 Å². The predicted octanol–water partition coefficient (Wildman–Crippen LogP) is 0.564. The van der Waals surface area contributed by atoms with Gasteiger partial charge in [-0.2, -0.15) is 0 Å². The Labute approximate surface area is 107 Å². The normalized spacial score (nSPS) is 16.5. The zero-order chi connectivity index (χ0) is 13.0. The molecule has 18 heavy (non-hydrogen) atoms. The largest absolute Gasteiger partial charge is 0.399 e. The molecule has 0 aliphatic carbocycles. The molecule has 1 aromatic carbocycles. The molecule has 5 nitrogen and oxygen atoms in total.